The Balaban J connectivity index is 1.42. The van der Waals surface area contributed by atoms with Crippen LogP contribution in [0, 0.1) is 6.92 Å². The first-order valence-corrected chi connectivity index (χ1v) is 11.9. The van der Waals surface area contributed by atoms with Gasteiger partial charge in [-0.25, -0.2) is 4.98 Å². The van der Waals surface area contributed by atoms with Crippen molar-refractivity contribution in [3.63, 3.8) is 0 Å². The first kappa shape index (κ1) is 23.3. The Morgan fingerprint density at radius 2 is 1.54 bits per heavy atom. The summed E-state index contributed by atoms with van der Waals surface area (Å²) in [5.41, 5.74) is 1.36. The monoisotopic (exact) mass is 483 g/mol. The summed E-state index contributed by atoms with van der Waals surface area (Å²) in [6.07, 6.45) is -0.864. The van der Waals surface area contributed by atoms with Crippen molar-refractivity contribution in [3.8, 4) is 11.4 Å². The number of rotatable bonds is 4. The lowest BCUT2D eigenvalue weighted by Crippen LogP contribution is -2.48. The molecule has 2 aromatic heterocycles. The predicted molar refractivity (Wildman–Crippen MR) is 130 cm³/mol. The van der Waals surface area contributed by atoms with E-state index in [4.69, 9.17) is 15.0 Å². The van der Waals surface area contributed by atoms with Crippen molar-refractivity contribution in [2.24, 2.45) is 0 Å². The number of aryl methyl sites for hydroxylation is 1. The largest absolute Gasteiger partial charge is 0.419 e. The second kappa shape index (κ2) is 9.31. The molecule has 0 amide bonds. The maximum Gasteiger partial charge on any atom is 0.419 e. The van der Waals surface area contributed by atoms with Gasteiger partial charge in [0.05, 0.1) is 5.56 Å². The summed E-state index contributed by atoms with van der Waals surface area (Å²) in [4.78, 5) is 24.3. The first-order chi connectivity index (χ1) is 16.8. The van der Waals surface area contributed by atoms with Gasteiger partial charge in [0.15, 0.2) is 5.82 Å². The highest BCUT2D eigenvalue weighted by molar-refractivity contribution is 5.60. The van der Waals surface area contributed by atoms with E-state index in [1.165, 1.54) is 12.3 Å². The fourth-order valence-corrected chi connectivity index (χ4v) is 4.67. The standard InChI is InChI=1S/C25H28F3N7/c1-17-7-9-19(10-8-17)21-30-23(32-24(31-21)35-12-4-5-18(35)2)34-15-13-33(14-16-34)22-20(25(26,27)28)6-3-11-29-22/h3,6-11,18H,4-5,12-16H2,1-2H3. The second-order valence-corrected chi connectivity index (χ2v) is 9.16. The normalized spacial score (nSPS) is 18.9. The highest BCUT2D eigenvalue weighted by atomic mass is 19.4. The number of alkyl halides is 3. The van der Waals surface area contributed by atoms with Gasteiger partial charge in [0.2, 0.25) is 11.9 Å². The number of nitrogens with zero attached hydrogens (tertiary/aromatic N) is 7. The molecule has 2 saturated heterocycles. The van der Waals surface area contributed by atoms with Crippen molar-refractivity contribution in [3.05, 3.63) is 53.7 Å². The maximum absolute atomic E-state index is 13.5. The molecule has 2 aliphatic heterocycles. The molecule has 1 atom stereocenters. The third-order valence-electron chi connectivity index (χ3n) is 6.69. The number of pyridine rings is 1. The van der Waals surface area contributed by atoms with Crippen molar-refractivity contribution in [1.29, 1.82) is 0 Å². The highest BCUT2D eigenvalue weighted by Gasteiger charge is 2.36. The van der Waals surface area contributed by atoms with Gasteiger partial charge < -0.3 is 14.7 Å². The van der Waals surface area contributed by atoms with Crippen LogP contribution in [0.15, 0.2) is 42.6 Å². The molecule has 5 rings (SSSR count). The number of halogens is 3. The zero-order valence-electron chi connectivity index (χ0n) is 19.8. The van der Waals surface area contributed by atoms with E-state index in [-0.39, 0.29) is 5.82 Å². The average molecular weight is 484 g/mol. The van der Waals surface area contributed by atoms with Crippen LogP contribution in [-0.2, 0) is 6.18 Å². The Morgan fingerprint density at radius 3 is 2.20 bits per heavy atom. The van der Waals surface area contributed by atoms with Crippen LogP contribution < -0.4 is 14.7 Å². The number of aromatic nitrogens is 4. The molecular weight excluding hydrogens is 455 g/mol. The van der Waals surface area contributed by atoms with Crippen LogP contribution in [0.2, 0.25) is 0 Å². The number of anilines is 3. The van der Waals surface area contributed by atoms with Crippen LogP contribution >= 0.6 is 0 Å². The number of benzene rings is 1. The third-order valence-corrected chi connectivity index (χ3v) is 6.69. The minimum atomic E-state index is -4.45. The summed E-state index contributed by atoms with van der Waals surface area (Å²) in [5.74, 6) is 1.79. The minimum Gasteiger partial charge on any atom is -0.353 e. The smallest absolute Gasteiger partial charge is 0.353 e. The summed E-state index contributed by atoms with van der Waals surface area (Å²) < 4.78 is 40.5. The van der Waals surface area contributed by atoms with E-state index in [2.05, 4.69) is 16.8 Å². The van der Waals surface area contributed by atoms with Crippen molar-refractivity contribution < 1.29 is 13.2 Å². The Labute approximate surface area is 202 Å². The molecule has 0 bridgehead atoms. The van der Waals surface area contributed by atoms with E-state index in [0.29, 0.717) is 49.9 Å². The Morgan fingerprint density at radius 1 is 0.857 bits per heavy atom. The van der Waals surface area contributed by atoms with Gasteiger partial charge in [-0.2, -0.15) is 28.1 Å². The number of hydrogen-bond acceptors (Lipinski definition) is 7. The van der Waals surface area contributed by atoms with E-state index in [1.54, 1.807) is 4.90 Å². The van der Waals surface area contributed by atoms with Crippen molar-refractivity contribution >= 4 is 17.7 Å². The van der Waals surface area contributed by atoms with Crippen molar-refractivity contribution in [1.82, 2.24) is 19.9 Å². The number of hydrogen-bond donors (Lipinski definition) is 0. The van der Waals surface area contributed by atoms with Crippen molar-refractivity contribution in [2.45, 2.75) is 38.9 Å². The van der Waals surface area contributed by atoms with E-state index < -0.39 is 11.7 Å². The van der Waals surface area contributed by atoms with Gasteiger partial charge in [-0.05, 0) is 38.8 Å². The molecule has 2 aliphatic rings. The van der Waals surface area contributed by atoms with Crippen molar-refractivity contribution in [2.75, 3.05) is 47.4 Å². The van der Waals surface area contributed by atoms with E-state index in [1.807, 2.05) is 36.1 Å². The highest BCUT2D eigenvalue weighted by Crippen LogP contribution is 2.35. The first-order valence-electron chi connectivity index (χ1n) is 11.9. The molecule has 0 spiro atoms. The summed E-state index contributed by atoms with van der Waals surface area (Å²) in [6.45, 7) is 6.85. The zero-order chi connectivity index (χ0) is 24.6. The summed E-state index contributed by atoms with van der Waals surface area (Å²) >= 11 is 0. The molecule has 3 aromatic rings. The van der Waals surface area contributed by atoms with E-state index in [0.717, 1.165) is 36.6 Å². The van der Waals surface area contributed by atoms with Gasteiger partial charge in [0, 0.05) is 50.5 Å². The van der Waals surface area contributed by atoms with Crippen LogP contribution in [0.4, 0.5) is 30.9 Å². The SMILES string of the molecule is Cc1ccc(-c2nc(N3CCN(c4ncccc4C(F)(F)F)CC3)nc(N3CCCC3C)n2)cc1. The van der Waals surface area contributed by atoms with Crippen LogP contribution in [0.5, 0.6) is 0 Å². The van der Waals surface area contributed by atoms with Gasteiger partial charge in [0.1, 0.15) is 5.82 Å². The molecule has 10 heteroatoms. The molecule has 0 N–H and O–H groups in total. The van der Waals surface area contributed by atoms with Gasteiger partial charge >= 0.3 is 6.18 Å². The Kier molecular flexibility index (Phi) is 6.21. The summed E-state index contributed by atoms with van der Waals surface area (Å²) in [5, 5.41) is 0. The molecule has 0 radical (unpaired) electrons. The van der Waals surface area contributed by atoms with Crippen LogP contribution in [0.3, 0.4) is 0 Å². The lowest BCUT2D eigenvalue weighted by atomic mass is 10.1. The second-order valence-electron chi connectivity index (χ2n) is 9.16. The summed E-state index contributed by atoms with van der Waals surface area (Å²) in [6, 6.07) is 10.8. The molecule has 4 heterocycles. The summed E-state index contributed by atoms with van der Waals surface area (Å²) in [7, 11) is 0. The molecule has 1 unspecified atom stereocenters. The average Bonchev–Trinajstić information content (AvgIpc) is 3.30. The van der Waals surface area contributed by atoms with Crippen LogP contribution in [-0.4, -0.2) is 58.7 Å². The van der Waals surface area contributed by atoms with Crippen LogP contribution in [0.25, 0.3) is 11.4 Å². The van der Waals surface area contributed by atoms with E-state index >= 15 is 0 Å². The molecule has 184 valence electrons. The molecule has 35 heavy (non-hydrogen) atoms. The quantitative estimate of drug-likeness (QED) is 0.539. The fourth-order valence-electron chi connectivity index (χ4n) is 4.67. The lowest BCUT2D eigenvalue weighted by Gasteiger charge is -2.36. The lowest BCUT2D eigenvalue weighted by molar-refractivity contribution is -0.137. The Hall–Kier alpha value is -3.43. The predicted octanol–water partition coefficient (Wildman–Crippen LogP) is 4.58. The molecule has 0 aliphatic carbocycles. The van der Waals surface area contributed by atoms with Gasteiger partial charge in [0.25, 0.3) is 0 Å². The Bertz CT molecular complexity index is 1170. The third kappa shape index (κ3) is 4.87. The van der Waals surface area contributed by atoms with E-state index in [9.17, 15) is 13.2 Å². The zero-order valence-corrected chi connectivity index (χ0v) is 19.8. The molecule has 7 nitrogen and oxygen atoms in total. The minimum absolute atomic E-state index is 0.0257. The maximum atomic E-state index is 13.5. The molecular formula is C25H28F3N7. The topological polar surface area (TPSA) is 61.3 Å². The molecule has 2 fully saturated rings. The molecule has 1 aromatic carbocycles. The molecule has 0 saturated carbocycles. The van der Waals surface area contributed by atoms with Gasteiger partial charge in [-0.3, -0.25) is 0 Å². The van der Waals surface area contributed by atoms with Gasteiger partial charge in [-0.1, -0.05) is 29.8 Å². The van der Waals surface area contributed by atoms with Crippen LogP contribution in [0.1, 0.15) is 30.9 Å². The number of piperazine rings is 1. The fraction of sp³-hybridized carbons (Fsp3) is 0.440. The van der Waals surface area contributed by atoms with Gasteiger partial charge in [-0.15, -0.1) is 0 Å².